The number of aliphatic imine (C=N–C) groups is 1. The maximum atomic E-state index is 5.78. The molecule has 2 N–H and O–H groups in total. The highest BCUT2D eigenvalue weighted by Crippen LogP contribution is 2.40. The first-order valence-corrected chi connectivity index (χ1v) is 9.16. The molecule has 1 aliphatic carbocycles. The van der Waals surface area contributed by atoms with Gasteiger partial charge in [-0.3, -0.25) is 4.99 Å². The van der Waals surface area contributed by atoms with Crippen LogP contribution in [0.3, 0.4) is 0 Å². The van der Waals surface area contributed by atoms with Gasteiger partial charge in [0.1, 0.15) is 0 Å². The molecule has 2 aliphatic rings. The molecule has 0 radical (unpaired) electrons. The molecule has 2 fully saturated rings. The first-order chi connectivity index (χ1) is 11.9. The molecule has 0 amide bonds. The summed E-state index contributed by atoms with van der Waals surface area (Å²) in [5.41, 5.74) is 1.41. The van der Waals surface area contributed by atoms with Crippen molar-refractivity contribution in [2.45, 2.75) is 44.2 Å². The van der Waals surface area contributed by atoms with Gasteiger partial charge in [0.15, 0.2) is 5.96 Å². The average Bonchev–Trinajstić information content (AvgIpc) is 3.17. The van der Waals surface area contributed by atoms with E-state index in [0.29, 0.717) is 18.1 Å². The minimum atomic E-state index is 0. The van der Waals surface area contributed by atoms with Crippen LogP contribution in [-0.4, -0.2) is 51.0 Å². The normalized spacial score (nSPS) is 25.3. The molecule has 140 valence electrons. The van der Waals surface area contributed by atoms with Crippen molar-refractivity contribution in [3.05, 3.63) is 35.9 Å². The highest BCUT2D eigenvalue weighted by molar-refractivity contribution is 14.0. The smallest absolute Gasteiger partial charge is 0.191 e. The topological polar surface area (TPSA) is 54.9 Å². The summed E-state index contributed by atoms with van der Waals surface area (Å²) >= 11 is 0. The van der Waals surface area contributed by atoms with Crippen LogP contribution in [0, 0.1) is 0 Å². The number of rotatable bonds is 8. The Hall–Kier alpha value is -0.860. The average molecular weight is 459 g/mol. The van der Waals surface area contributed by atoms with Gasteiger partial charge >= 0.3 is 0 Å². The first-order valence-electron chi connectivity index (χ1n) is 9.16. The molecule has 3 atom stereocenters. The van der Waals surface area contributed by atoms with E-state index in [1.807, 2.05) is 0 Å². The second-order valence-electron chi connectivity index (χ2n) is 6.47. The van der Waals surface area contributed by atoms with E-state index in [-0.39, 0.29) is 24.0 Å². The summed E-state index contributed by atoms with van der Waals surface area (Å²) < 4.78 is 11.1. The molecular formula is C19H30IN3O2. The third-order valence-corrected chi connectivity index (χ3v) is 4.50. The van der Waals surface area contributed by atoms with E-state index in [4.69, 9.17) is 9.47 Å². The maximum absolute atomic E-state index is 5.78. The van der Waals surface area contributed by atoms with Crippen LogP contribution < -0.4 is 10.6 Å². The van der Waals surface area contributed by atoms with Crippen molar-refractivity contribution in [2.24, 2.45) is 4.99 Å². The Morgan fingerprint density at radius 1 is 1.32 bits per heavy atom. The van der Waals surface area contributed by atoms with E-state index in [1.165, 1.54) is 12.0 Å². The van der Waals surface area contributed by atoms with Gasteiger partial charge in [0.2, 0.25) is 0 Å². The molecule has 1 saturated heterocycles. The molecule has 1 aromatic carbocycles. The summed E-state index contributed by atoms with van der Waals surface area (Å²) in [5, 5.41) is 6.89. The van der Waals surface area contributed by atoms with Crippen molar-refractivity contribution in [2.75, 3.05) is 32.9 Å². The fourth-order valence-corrected chi connectivity index (χ4v) is 3.07. The largest absolute Gasteiger partial charge is 0.379 e. The lowest BCUT2D eigenvalue weighted by Crippen LogP contribution is -2.39. The lowest BCUT2D eigenvalue weighted by atomic mass is 10.1. The highest BCUT2D eigenvalue weighted by atomic mass is 127. The van der Waals surface area contributed by atoms with Gasteiger partial charge in [-0.15, -0.1) is 24.0 Å². The summed E-state index contributed by atoms with van der Waals surface area (Å²) in [6.07, 6.45) is 3.44. The monoisotopic (exact) mass is 459 g/mol. The van der Waals surface area contributed by atoms with Crippen LogP contribution in [0.2, 0.25) is 0 Å². The van der Waals surface area contributed by atoms with Crippen LogP contribution in [0.5, 0.6) is 0 Å². The van der Waals surface area contributed by atoms with Crippen LogP contribution in [0.15, 0.2) is 35.3 Å². The lowest BCUT2D eigenvalue weighted by molar-refractivity contribution is 0.0424. The molecule has 3 unspecified atom stereocenters. The number of guanidine groups is 1. The zero-order chi connectivity index (χ0) is 16.6. The Bertz CT molecular complexity index is 521. The quantitative estimate of drug-likeness (QED) is 0.272. The maximum Gasteiger partial charge on any atom is 0.191 e. The Kier molecular flexibility index (Phi) is 8.98. The van der Waals surface area contributed by atoms with Crippen molar-refractivity contribution in [1.29, 1.82) is 0 Å². The molecular weight excluding hydrogens is 429 g/mol. The van der Waals surface area contributed by atoms with Gasteiger partial charge in [-0.2, -0.15) is 0 Å². The van der Waals surface area contributed by atoms with E-state index in [0.717, 1.165) is 51.7 Å². The van der Waals surface area contributed by atoms with Gasteiger partial charge in [0.05, 0.1) is 12.7 Å². The van der Waals surface area contributed by atoms with E-state index in [2.05, 4.69) is 52.9 Å². The van der Waals surface area contributed by atoms with Crippen LogP contribution in [0.1, 0.15) is 37.7 Å². The minimum absolute atomic E-state index is 0. The number of ether oxygens (including phenoxy) is 2. The summed E-state index contributed by atoms with van der Waals surface area (Å²) in [5.74, 6) is 1.53. The van der Waals surface area contributed by atoms with Gasteiger partial charge in [0, 0.05) is 38.3 Å². The van der Waals surface area contributed by atoms with E-state index >= 15 is 0 Å². The van der Waals surface area contributed by atoms with E-state index in [1.54, 1.807) is 0 Å². The third-order valence-electron chi connectivity index (χ3n) is 4.50. The standard InChI is InChI=1S/C19H29N3O2.HI/c1-2-20-19(21-10-6-11-24-16-9-12-23-14-16)22-18-13-17(18)15-7-4-3-5-8-15;/h3-5,7-8,16-18H,2,6,9-14H2,1H3,(H2,20,21,22);1H. The van der Waals surface area contributed by atoms with Crippen molar-refractivity contribution >= 4 is 29.9 Å². The molecule has 6 heteroatoms. The molecule has 3 rings (SSSR count). The van der Waals surface area contributed by atoms with Crippen LogP contribution in [-0.2, 0) is 9.47 Å². The molecule has 0 spiro atoms. The summed E-state index contributed by atoms with van der Waals surface area (Å²) in [6, 6.07) is 11.2. The molecule has 1 saturated carbocycles. The fourth-order valence-electron chi connectivity index (χ4n) is 3.07. The summed E-state index contributed by atoms with van der Waals surface area (Å²) in [6.45, 7) is 6.10. The Balaban J connectivity index is 0.00000225. The Morgan fingerprint density at radius 3 is 2.88 bits per heavy atom. The molecule has 0 bridgehead atoms. The fraction of sp³-hybridized carbons (Fsp3) is 0.632. The van der Waals surface area contributed by atoms with Gasteiger partial charge in [-0.1, -0.05) is 30.3 Å². The molecule has 5 nitrogen and oxygen atoms in total. The van der Waals surface area contributed by atoms with Crippen molar-refractivity contribution in [3.63, 3.8) is 0 Å². The van der Waals surface area contributed by atoms with Crippen molar-refractivity contribution in [1.82, 2.24) is 10.6 Å². The predicted molar refractivity (Wildman–Crippen MR) is 112 cm³/mol. The number of hydrogen-bond donors (Lipinski definition) is 2. The van der Waals surface area contributed by atoms with Crippen molar-refractivity contribution in [3.8, 4) is 0 Å². The molecule has 0 aromatic heterocycles. The molecule has 25 heavy (non-hydrogen) atoms. The molecule has 1 heterocycles. The zero-order valence-electron chi connectivity index (χ0n) is 14.9. The number of halogens is 1. The predicted octanol–water partition coefficient (Wildman–Crippen LogP) is 2.91. The van der Waals surface area contributed by atoms with Crippen LogP contribution in [0.4, 0.5) is 0 Å². The highest BCUT2D eigenvalue weighted by Gasteiger charge is 2.38. The van der Waals surface area contributed by atoms with Gasteiger partial charge in [-0.25, -0.2) is 0 Å². The van der Waals surface area contributed by atoms with E-state index in [9.17, 15) is 0 Å². The minimum Gasteiger partial charge on any atom is -0.379 e. The summed E-state index contributed by atoms with van der Waals surface area (Å²) in [7, 11) is 0. The van der Waals surface area contributed by atoms with Crippen LogP contribution >= 0.6 is 24.0 Å². The number of benzene rings is 1. The Labute approximate surface area is 168 Å². The number of hydrogen-bond acceptors (Lipinski definition) is 3. The SMILES string of the molecule is CCNC(=NCCCOC1CCOC1)NC1CC1c1ccccc1.I. The van der Waals surface area contributed by atoms with E-state index < -0.39 is 0 Å². The summed E-state index contributed by atoms with van der Waals surface area (Å²) in [4.78, 5) is 4.67. The molecule has 1 aromatic rings. The van der Waals surface area contributed by atoms with Crippen LogP contribution in [0.25, 0.3) is 0 Å². The zero-order valence-corrected chi connectivity index (χ0v) is 17.3. The molecule has 1 aliphatic heterocycles. The van der Waals surface area contributed by atoms with Gasteiger partial charge < -0.3 is 20.1 Å². The number of nitrogens with zero attached hydrogens (tertiary/aromatic N) is 1. The first kappa shape index (κ1) is 20.5. The Morgan fingerprint density at radius 2 is 2.16 bits per heavy atom. The van der Waals surface area contributed by atoms with Gasteiger partial charge in [0.25, 0.3) is 0 Å². The second-order valence-corrected chi connectivity index (χ2v) is 6.47. The third kappa shape index (κ3) is 6.75. The van der Waals surface area contributed by atoms with Gasteiger partial charge in [-0.05, 0) is 31.7 Å². The number of nitrogens with one attached hydrogen (secondary N) is 2. The lowest BCUT2D eigenvalue weighted by Gasteiger charge is -2.12. The second kappa shape index (κ2) is 11.0. The van der Waals surface area contributed by atoms with Crippen molar-refractivity contribution < 1.29 is 9.47 Å².